The van der Waals surface area contributed by atoms with E-state index < -0.39 is 23.4 Å². The molecule has 9 nitrogen and oxygen atoms in total. The number of hydrogen-bond donors (Lipinski definition) is 2. The average Bonchev–Trinajstić information content (AvgIpc) is 3.22. The first-order valence-corrected chi connectivity index (χ1v) is 9.92. The minimum Gasteiger partial charge on any atom is -0.493 e. The molecule has 2 saturated heterocycles. The number of para-hydroxylation sites is 1. The van der Waals surface area contributed by atoms with Gasteiger partial charge in [0.05, 0.1) is 6.61 Å². The van der Waals surface area contributed by atoms with Gasteiger partial charge in [0.25, 0.3) is 5.91 Å². The lowest BCUT2D eigenvalue weighted by Crippen LogP contribution is -2.48. The van der Waals surface area contributed by atoms with Gasteiger partial charge in [-0.1, -0.05) is 18.2 Å². The van der Waals surface area contributed by atoms with Crippen molar-refractivity contribution in [1.29, 1.82) is 0 Å². The maximum absolute atomic E-state index is 13.1. The topological polar surface area (TPSA) is 108 Å². The zero-order valence-corrected chi connectivity index (χ0v) is 16.1. The molecule has 1 aromatic rings. The molecule has 9 heteroatoms. The van der Waals surface area contributed by atoms with Crippen molar-refractivity contribution in [1.82, 2.24) is 20.4 Å². The van der Waals surface area contributed by atoms with Crippen molar-refractivity contribution in [2.45, 2.75) is 31.2 Å². The van der Waals surface area contributed by atoms with E-state index in [9.17, 15) is 19.2 Å². The fraction of sp³-hybridized carbons (Fsp3) is 0.500. The van der Waals surface area contributed by atoms with Crippen molar-refractivity contribution in [3.63, 3.8) is 0 Å². The van der Waals surface area contributed by atoms with Crippen molar-refractivity contribution < 1.29 is 23.9 Å². The quantitative estimate of drug-likeness (QED) is 0.529. The number of nitrogens with one attached hydrogen (secondary N) is 2. The Bertz CT molecular complexity index is 857. The summed E-state index contributed by atoms with van der Waals surface area (Å²) in [5.74, 6) is -0.123. The van der Waals surface area contributed by atoms with E-state index in [-0.39, 0.29) is 12.5 Å². The molecule has 154 valence electrons. The molecule has 0 unspecified atom stereocenters. The molecule has 2 N–H and O–H groups in total. The molecule has 0 aromatic heterocycles. The zero-order chi connectivity index (χ0) is 20.4. The predicted molar refractivity (Wildman–Crippen MR) is 102 cm³/mol. The van der Waals surface area contributed by atoms with E-state index >= 15 is 0 Å². The number of hydrogen-bond acceptors (Lipinski definition) is 5. The van der Waals surface area contributed by atoms with Crippen LogP contribution in [0.4, 0.5) is 4.79 Å². The van der Waals surface area contributed by atoms with Gasteiger partial charge in [-0.25, -0.2) is 4.79 Å². The van der Waals surface area contributed by atoms with Crippen LogP contribution in [0.5, 0.6) is 5.75 Å². The molecular weight excluding hydrogens is 376 g/mol. The van der Waals surface area contributed by atoms with Gasteiger partial charge in [-0.3, -0.25) is 19.3 Å². The summed E-state index contributed by atoms with van der Waals surface area (Å²) in [5.41, 5.74) is -0.565. The van der Waals surface area contributed by atoms with Crippen LogP contribution in [-0.2, 0) is 19.9 Å². The minimum absolute atomic E-state index is 0.151. The molecule has 0 aliphatic carbocycles. The van der Waals surface area contributed by atoms with Crippen LogP contribution < -0.4 is 15.4 Å². The summed E-state index contributed by atoms with van der Waals surface area (Å²) < 4.78 is 5.60. The van der Waals surface area contributed by atoms with E-state index in [0.29, 0.717) is 50.3 Å². The Balaban J connectivity index is 1.34. The number of carbonyl (C=O) groups is 4. The first-order valence-electron chi connectivity index (χ1n) is 9.92. The van der Waals surface area contributed by atoms with Gasteiger partial charge in [0.15, 0.2) is 5.54 Å². The molecule has 2 fully saturated rings. The van der Waals surface area contributed by atoms with Gasteiger partial charge in [-0.05, 0) is 18.9 Å². The van der Waals surface area contributed by atoms with Gasteiger partial charge in [-0.15, -0.1) is 0 Å². The van der Waals surface area contributed by atoms with Crippen molar-refractivity contribution in [2.75, 3.05) is 32.8 Å². The van der Waals surface area contributed by atoms with Gasteiger partial charge in [0.1, 0.15) is 12.3 Å². The second-order valence-corrected chi connectivity index (χ2v) is 7.51. The van der Waals surface area contributed by atoms with E-state index in [1.54, 1.807) is 29.2 Å². The SMILES string of the molecule is O=C(CN1C(=O)N[C@]2(CCOc3ccccc32)C1=O)NCCCN1CCCC1=O. The van der Waals surface area contributed by atoms with Crippen LogP contribution in [0.1, 0.15) is 31.2 Å². The van der Waals surface area contributed by atoms with Gasteiger partial charge < -0.3 is 20.3 Å². The number of urea groups is 1. The highest BCUT2D eigenvalue weighted by Crippen LogP contribution is 2.40. The molecular formula is C20H24N4O5. The number of benzene rings is 1. The minimum atomic E-state index is -1.18. The molecule has 1 atom stereocenters. The van der Waals surface area contributed by atoms with Crippen LogP contribution in [0.3, 0.4) is 0 Å². The van der Waals surface area contributed by atoms with E-state index in [1.165, 1.54) is 0 Å². The third kappa shape index (κ3) is 3.52. The Morgan fingerprint density at radius 3 is 2.86 bits per heavy atom. The number of carbonyl (C=O) groups excluding carboxylic acids is 4. The lowest BCUT2D eigenvalue weighted by molar-refractivity contribution is -0.136. The van der Waals surface area contributed by atoms with Crippen molar-refractivity contribution in [3.8, 4) is 5.75 Å². The second kappa shape index (κ2) is 7.73. The third-order valence-corrected chi connectivity index (χ3v) is 5.66. The fourth-order valence-corrected chi connectivity index (χ4v) is 4.15. The van der Waals surface area contributed by atoms with Crippen LogP contribution in [0.15, 0.2) is 24.3 Å². The average molecular weight is 400 g/mol. The third-order valence-electron chi connectivity index (χ3n) is 5.66. The highest BCUT2D eigenvalue weighted by atomic mass is 16.5. The lowest BCUT2D eigenvalue weighted by atomic mass is 9.84. The first kappa shape index (κ1) is 19.2. The molecule has 1 aromatic carbocycles. The summed E-state index contributed by atoms with van der Waals surface area (Å²) in [5, 5.41) is 5.50. The number of ether oxygens (including phenoxy) is 1. The monoisotopic (exact) mass is 400 g/mol. The van der Waals surface area contributed by atoms with E-state index in [4.69, 9.17) is 4.74 Å². The number of nitrogens with zero attached hydrogens (tertiary/aromatic N) is 2. The molecule has 3 aliphatic rings. The molecule has 0 saturated carbocycles. The van der Waals surface area contributed by atoms with Crippen molar-refractivity contribution in [2.24, 2.45) is 0 Å². The molecule has 4 rings (SSSR count). The number of imide groups is 1. The normalized spacial score (nSPS) is 23.2. The van der Waals surface area contributed by atoms with Crippen molar-refractivity contribution in [3.05, 3.63) is 29.8 Å². The molecule has 29 heavy (non-hydrogen) atoms. The maximum Gasteiger partial charge on any atom is 0.325 e. The molecule has 0 bridgehead atoms. The summed E-state index contributed by atoms with van der Waals surface area (Å²) in [4.78, 5) is 52.2. The van der Waals surface area contributed by atoms with Gasteiger partial charge in [0.2, 0.25) is 11.8 Å². The smallest absolute Gasteiger partial charge is 0.325 e. The highest BCUT2D eigenvalue weighted by molar-refractivity contribution is 6.09. The molecule has 5 amide bonds. The Morgan fingerprint density at radius 2 is 2.07 bits per heavy atom. The Kier molecular flexibility index (Phi) is 5.12. The molecule has 3 aliphatic heterocycles. The van der Waals surface area contributed by atoms with E-state index in [1.807, 2.05) is 0 Å². The number of rotatable bonds is 6. The van der Waals surface area contributed by atoms with E-state index in [0.717, 1.165) is 17.9 Å². The predicted octanol–water partition coefficient (Wildman–Crippen LogP) is 0.345. The summed E-state index contributed by atoms with van der Waals surface area (Å²) >= 11 is 0. The first-order chi connectivity index (χ1) is 14.0. The number of likely N-dealkylation sites (tertiary alicyclic amines) is 1. The Labute approximate surface area is 168 Å². The summed E-state index contributed by atoms with van der Waals surface area (Å²) in [6, 6.07) is 6.53. The van der Waals surface area contributed by atoms with Crippen molar-refractivity contribution >= 4 is 23.8 Å². The standard InChI is InChI=1S/C20H24N4O5/c25-16(21-9-4-11-23-10-3-7-17(23)26)13-24-18(27)20(22-19(24)28)8-12-29-15-6-2-1-5-14(15)20/h1-2,5-6H,3-4,7-13H2,(H,21,25)(H,22,28)/t20-/m0/s1. The van der Waals surface area contributed by atoms with Gasteiger partial charge in [-0.2, -0.15) is 0 Å². The summed E-state index contributed by atoms with van der Waals surface area (Å²) in [6.45, 7) is 1.72. The molecule has 1 spiro atoms. The van der Waals surface area contributed by atoms with E-state index in [2.05, 4.69) is 10.6 Å². The highest BCUT2D eigenvalue weighted by Gasteiger charge is 2.55. The Morgan fingerprint density at radius 1 is 1.24 bits per heavy atom. The van der Waals surface area contributed by atoms with Crippen LogP contribution in [0, 0.1) is 0 Å². The Hall–Kier alpha value is -3.10. The number of amides is 5. The largest absolute Gasteiger partial charge is 0.493 e. The molecule has 3 heterocycles. The fourth-order valence-electron chi connectivity index (χ4n) is 4.15. The maximum atomic E-state index is 13.1. The number of fused-ring (bicyclic) bond motifs is 2. The second-order valence-electron chi connectivity index (χ2n) is 7.51. The van der Waals surface area contributed by atoms with Crippen LogP contribution >= 0.6 is 0 Å². The van der Waals surface area contributed by atoms with Crippen LogP contribution in [-0.4, -0.2) is 66.3 Å². The summed E-state index contributed by atoms with van der Waals surface area (Å²) in [7, 11) is 0. The van der Waals surface area contributed by atoms with Gasteiger partial charge in [0, 0.05) is 38.0 Å². The molecule has 0 radical (unpaired) electrons. The van der Waals surface area contributed by atoms with Gasteiger partial charge >= 0.3 is 6.03 Å². The summed E-state index contributed by atoms with van der Waals surface area (Å²) in [6.07, 6.45) is 2.42. The zero-order valence-electron chi connectivity index (χ0n) is 16.1. The van der Waals surface area contributed by atoms with Crippen LogP contribution in [0.25, 0.3) is 0 Å². The van der Waals surface area contributed by atoms with Crippen LogP contribution in [0.2, 0.25) is 0 Å². The lowest BCUT2D eigenvalue weighted by Gasteiger charge is -2.33.